The molecule has 1 aliphatic heterocycles. The summed E-state index contributed by atoms with van der Waals surface area (Å²) < 4.78 is 21.3. The third-order valence-corrected chi connectivity index (χ3v) is 2.26. The molecule has 0 saturated heterocycles. The van der Waals surface area contributed by atoms with Gasteiger partial charge in [-0.25, -0.2) is 8.42 Å². The molecule has 0 saturated carbocycles. The standard InChI is InChI=1S/C4H7NO3S/c1-9(6,7)4-2-3-5-8-4/h3-4H,2H2,1H3. The summed E-state index contributed by atoms with van der Waals surface area (Å²) in [5.41, 5.74) is -0.738. The molecule has 4 nitrogen and oxygen atoms in total. The van der Waals surface area contributed by atoms with E-state index in [0.717, 1.165) is 6.26 Å². The third-order valence-electron chi connectivity index (χ3n) is 1.03. The molecule has 5 heteroatoms. The zero-order valence-electron chi connectivity index (χ0n) is 4.94. The van der Waals surface area contributed by atoms with E-state index in [4.69, 9.17) is 0 Å². The second-order valence-electron chi connectivity index (χ2n) is 1.89. The lowest BCUT2D eigenvalue weighted by Crippen LogP contribution is -2.17. The van der Waals surface area contributed by atoms with E-state index >= 15 is 0 Å². The molecule has 0 N–H and O–H groups in total. The molecule has 1 unspecified atom stereocenters. The Morgan fingerprint density at radius 2 is 2.44 bits per heavy atom. The second kappa shape index (κ2) is 1.98. The number of rotatable bonds is 1. The normalized spacial score (nSPS) is 26.1. The first-order chi connectivity index (χ1) is 4.11. The van der Waals surface area contributed by atoms with Crippen LogP contribution in [0.2, 0.25) is 0 Å². The fraction of sp³-hybridized carbons (Fsp3) is 0.750. The van der Waals surface area contributed by atoms with Crippen LogP contribution in [0.4, 0.5) is 0 Å². The summed E-state index contributed by atoms with van der Waals surface area (Å²) >= 11 is 0. The number of nitrogens with zero attached hydrogens (tertiary/aromatic N) is 1. The van der Waals surface area contributed by atoms with E-state index in [9.17, 15) is 8.42 Å². The lowest BCUT2D eigenvalue weighted by molar-refractivity contribution is 0.141. The minimum absolute atomic E-state index is 0.374. The van der Waals surface area contributed by atoms with Crippen molar-refractivity contribution >= 4 is 16.1 Å². The van der Waals surface area contributed by atoms with Gasteiger partial charge in [-0.15, -0.1) is 0 Å². The summed E-state index contributed by atoms with van der Waals surface area (Å²) in [5.74, 6) is 0. The SMILES string of the molecule is CS(=O)(=O)C1CC=NO1. The van der Waals surface area contributed by atoms with Crippen LogP contribution in [0.3, 0.4) is 0 Å². The van der Waals surface area contributed by atoms with E-state index in [1.807, 2.05) is 0 Å². The summed E-state index contributed by atoms with van der Waals surface area (Å²) in [6.45, 7) is 0. The fourth-order valence-electron chi connectivity index (χ4n) is 0.536. The van der Waals surface area contributed by atoms with Gasteiger partial charge in [-0.2, -0.15) is 0 Å². The maximum absolute atomic E-state index is 10.6. The van der Waals surface area contributed by atoms with Crippen molar-refractivity contribution in [3.63, 3.8) is 0 Å². The Morgan fingerprint density at radius 1 is 1.78 bits per heavy atom. The van der Waals surface area contributed by atoms with Crippen LogP contribution >= 0.6 is 0 Å². The zero-order chi connectivity index (χ0) is 6.91. The van der Waals surface area contributed by atoms with Crippen molar-refractivity contribution in [2.45, 2.75) is 11.9 Å². The summed E-state index contributed by atoms with van der Waals surface area (Å²) in [6, 6.07) is 0. The molecule has 1 heterocycles. The predicted molar refractivity (Wildman–Crippen MR) is 32.8 cm³/mol. The van der Waals surface area contributed by atoms with Crippen molar-refractivity contribution in [3.8, 4) is 0 Å². The smallest absolute Gasteiger partial charge is 0.231 e. The van der Waals surface area contributed by atoms with Crippen molar-refractivity contribution in [1.29, 1.82) is 0 Å². The van der Waals surface area contributed by atoms with E-state index in [1.54, 1.807) is 0 Å². The highest BCUT2D eigenvalue weighted by atomic mass is 32.2. The van der Waals surface area contributed by atoms with Gasteiger partial charge in [0.2, 0.25) is 5.44 Å². The van der Waals surface area contributed by atoms with Crippen LogP contribution in [0.15, 0.2) is 5.16 Å². The topological polar surface area (TPSA) is 55.7 Å². The molecule has 1 rings (SSSR count). The van der Waals surface area contributed by atoms with E-state index in [1.165, 1.54) is 6.21 Å². The molecule has 1 atom stereocenters. The van der Waals surface area contributed by atoms with Gasteiger partial charge in [-0.05, 0) is 0 Å². The third kappa shape index (κ3) is 1.41. The minimum Gasteiger partial charge on any atom is -0.376 e. The highest BCUT2D eigenvalue weighted by Crippen LogP contribution is 2.09. The van der Waals surface area contributed by atoms with Crippen molar-refractivity contribution in [1.82, 2.24) is 0 Å². The molecule has 0 amide bonds. The highest BCUT2D eigenvalue weighted by Gasteiger charge is 2.24. The summed E-state index contributed by atoms with van der Waals surface area (Å²) in [7, 11) is -3.05. The lowest BCUT2D eigenvalue weighted by Gasteiger charge is -2.02. The van der Waals surface area contributed by atoms with Crippen molar-refractivity contribution in [2.75, 3.05) is 6.26 Å². The molecule has 0 aromatic carbocycles. The largest absolute Gasteiger partial charge is 0.376 e. The Hall–Kier alpha value is -0.580. The van der Waals surface area contributed by atoms with Gasteiger partial charge in [0.15, 0.2) is 9.84 Å². The van der Waals surface area contributed by atoms with E-state index in [-0.39, 0.29) is 0 Å². The number of hydrogen-bond acceptors (Lipinski definition) is 4. The predicted octanol–water partition coefficient (Wildman–Crippen LogP) is -0.237. The van der Waals surface area contributed by atoms with Gasteiger partial charge in [-0.3, -0.25) is 0 Å². The van der Waals surface area contributed by atoms with Crippen LogP contribution in [0.25, 0.3) is 0 Å². The first-order valence-electron chi connectivity index (χ1n) is 2.47. The van der Waals surface area contributed by atoms with Crippen LogP contribution in [-0.4, -0.2) is 26.3 Å². The quantitative estimate of drug-likeness (QED) is 0.517. The van der Waals surface area contributed by atoms with Gasteiger partial charge < -0.3 is 4.84 Å². The molecular formula is C4H7NO3S. The molecule has 0 radical (unpaired) electrons. The molecule has 0 aliphatic carbocycles. The summed E-state index contributed by atoms with van der Waals surface area (Å²) in [5, 5.41) is 3.33. The number of oxime groups is 1. The van der Waals surface area contributed by atoms with Gasteiger partial charge in [0.25, 0.3) is 0 Å². The van der Waals surface area contributed by atoms with Crippen LogP contribution in [0.1, 0.15) is 6.42 Å². The van der Waals surface area contributed by atoms with Gasteiger partial charge in [0.1, 0.15) is 0 Å². The fourth-order valence-corrected chi connectivity index (χ4v) is 1.18. The lowest BCUT2D eigenvalue weighted by atomic mass is 10.5. The van der Waals surface area contributed by atoms with Crippen molar-refractivity contribution in [2.24, 2.45) is 5.16 Å². The van der Waals surface area contributed by atoms with E-state index < -0.39 is 15.3 Å². The monoisotopic (exact) mass is 149 g/mol. The molecule has 0 aromatic rings. The van der Waals surface area contributed by atoms with Crippen LogP contribution in [0, 0.1) is 0 Å². The Labute approximate surface area is 53.4 Å². The van der Waals surface area contributed by atoms with Crippen molar-refractivity contribution in [3.05, 3.63) is 0 Å². The molecule has 0 spiro atoms. The molecule has 0 aromatic heterocycles. The number of hydrogen-bond donors (Lipinski definition) is 0. The van der Waals surface area contributed by atoms with Gasteiger partial charge >= 0.3 is 0 Å². The Kier molecular flexibility index (Phi) is 1.44. The van der Waals surface area contributed by atoms with Crippen molar-refractivity contribution < 1.29 is 13.3 Å². The van der Waals surface area contributed by atoms with Crippen LogP contribution < -0.4 is 0 Å². The van der Waals surface area contributed by atoms with Gasteiger partial charge in [0, 0.05) is 18.9 Å². The molecule has 9 heavy (non-hydrogen) atoms. The zero-order valence-corrected chi connectivity index (χ0v) is 5.76. The van der Waals surface area contributed by atoms with Gasteiger partial charge in [0.05, 0.1) is 0 Å². The first-order valence-corrected chi connectivity index (χ1v) is 4.42. The first kappa shape index (κ1) is 6.54. The second-order valence-corrected chi connectivity index (χ2v) is 4.07. The molecule has 0 fully saturated rings. The summed E-state index contributed by atoms with van der Waals surface area (Å²) in [4.78, 5) is 4.50. The Morgan fingerprint density at radius 3 is 2.67 bits per heavy atom. The Bertz CT molecular complexity index is 210. The Balaban J connectivity index is 2.68. The van der Waals surface area contributed by atoms with Crippen LogP contribution in [-0.2, 0) is 14.7 Å². The maximum Gasteiger partial charge on any atom is 0.231 e. The maximum atomic E-state index is 10.6. The minimum atomic E-state index is -3.05. The summed E-state index contributed by atoms with van der Waals surface area (Å²) in [6.07, 6.45) is 2.96. The molecule has 1 aliphatic rings. The number of sulfone groups is 1. The van der Waals surface area contributed by atoms with Gasteiger partial charge in [-0.1, -0.05) is 5.16 Å². The highest BCUT2D eigenvalue weighted by molar-refractivity contribution is 7.91. The van der Waals surface area contributed by atoms with Crippen LogP contribution in [0.5, 0.6) is 0 Å². The molecule has 52 valence electrons. The average molecular weight is 149 g/mol. The van der Waals surface area contributed by atoms with E-state index in [2.05, 4.69) is 9.99 Å². The van der Waals surface area contributed by atoms with E-state index in [0.29, 0.717) is 6.42 Å². The molecular weight excluding hydrogens is 142 g/mol. The average Bonchev–Trinajstić information content (AvgIpc) is 2.08. The molecule has 0 bridgehead atoms.